The van der Waals surface area contributed by atoms with Gasteiger partial charge in [0.1, 0.15) is 11.6 Å². The van der Waals surface area contributed by atoms with Crippen LogP contribution in [0.4, 0.5) is 19.0 Å². The van der Waals surface area contributed by atoms with Crippen molar-refractivity contribution in [2.45, 2.75) is 25.4 Å². The number of methoxy groups -OCH3 is 1. The zero-order valence-electron chi connectivity index (χ0n) is 16.3. The van der Waals surface area contributed by atoms with E-state index in [0.29, 0.717) is 44.8 Å². The Kier molecular flexibility index (Phi) is 6.61. The van der Waals surface area contributed by atoms with Crippen LogP contribution in [0, 0.1) is 0 Å². The highest BCUT2D eigenvalue weighted by molar-refractivity contribution is 5.76. The van der Waals surface area contributed by atoms with Crippen LogP contribution in [0.1, 0.15) is 24.0 Å². The highest BCUT2D eigenvalue weighted by atomic mass is 19.4. The fraction of sp³-hybridized carbons (Fsp3) is 0.429. The Morgan fingerprint density at radius 3 is 2.59 bits per heavy atom. The number of hydrogen-bond donors (Lipinski definition) is 0. The summed E-state index contributed by atoms with van der Waals surface area (Å²) in [5, 5.41) is 0. The molecule has 1 aromatic heterocycles. The van der Waals surface area contributed by atoms with Crippen molar-refractivity contribution in [1.82, 2.24) is 9.88 Å². The summed E-state index contributed by atoms with van der Waals surface area (Å²) in [4.78, 5) is 20.4. The predicted octanol–water partition coefficient (Wildman–Crippen LogP) is 3.78. The van der Waals surface area contributed by atoms with Crippen LogP contribution in [0.2, 0.25) is 0 Å². The normalized spacial score (nSPS) is 15.2. The number of rotatable bonds is 5. The van der Waals surface area contributed by atoms with E-state index in [-0.39, 0.29) is 5.91 Å². The van der Waals surface area contributed by atoms with Crippen LogP contribution in [0.5, 0.6) is 5.75 Å². The zero-order chi connectivity index (χ0) is 20.9. The van der Waals surface area contributed by atoms with E-state index in [1.54, 1.807) is 7.11 Å². The molecule has 2 heterocycles. The average molecular weight is 407 g/mol. The summed E-state index contributed by atoms with van der Waals surface area (Å²) in [7, 11) is 1.61. The highest BCUT2D eigenvalue weighted by Gasteiger charge is 2.31. The predicted molar refractivity (Wildman–Crippen MR) is 104 cm³/mol. The molecule has 0 atom stereocenters. The van der Waals surface area contributed by atoms with E-state index in [4.69, 9.17) is 4.74 Å². The number of alkyl halides is 3. The van der Waals surface area contributed by atoms with Crippen LogP contribution in [-0.4, -0.2) is 49.1 Å². The van der Waals surface area contributed by atoms with E-state index in [2.05, 4.69) is 4.98 Å². The number of aryl methyl sites for hydroxylation is 1. The Labute approximate surface area is 168 Å². The van der Waals surface area contributed by atoms with Crippen molar-refractivity contribution in [3.8, 4) is 5.75 Å². The molecule has 8 heteroatoms. The van der Waals surface area contributed by atoms with Crippen LogP contribution in [0.3, 0.4) is 0 Å². The molecule has 1 saturated heterocycles. The summed E-state index contributed by atoms with van der Waals surface area (Å²) in [6, 6.07) is 10.1. The van der Waals surface area contributed by atoms with Crippen LogP contribution in [0.25, 0.3) is 0 Å². The second-order valence-corrected chi connectivity index (χ2v) is 6.94. The lowest BCUT2D eigenvalue weighted by atomic mass is 10.1. The maximum atomic E-state index is 12.7. The zero-order valence-corrected chi connectivity index (χ0v) is 16.3. The van der Waals surface area contributed by atoms with Gasteiger partial charge in [0.15, 0.2) is 0 Å². The van der Waals surface area contributed by atoms with E-state index in [1.165, 1.54) is 6.07 Å². The van der Waals surface area contributed by atoms with Gasteiger partial charge in [0.05, 0.1) is 12.7 Å². The Bertz CT molecular complexity index is 825. The molecule has 0 N–H and O–H groups in total. The molecule has 3 rings (SSSR count). The van der Waals surface area contributed by atoms with Crippen molar-refractivity contribution in [3.05, 3.63) is 53.7 Å². The standard InChI is InChI=1S/C21H24F3N3O2/c1-29-18-6-3-2-5-16(18)7-10-20(28)27-12-4-11-26(13-14-27)19-9-8-17(15-25-19)21(22,23)24/h2-3,5-6,8-9,15H,4,7,10-14H2,1H3. The Morgan fingerprint density at radius 2 is 1.90 bits per heavy atom. The van der Waals surface area contributed by atoms with Gasteiger partial charge in [0.25, 0.3) is 0 Å². The van der Waals surface area contributed by atoms with E-state index in [1.807, 2.05) is 34.1 Å². The number of aromatic nitrogens is 1. The molecule has 156 valence electrons. The lowest BCUT2D eigenvalue weighted by molar-refractivity contribution is -0.137. The number of para-hydroxylation sites is 1. The lowest BCUT2D eigenvalue weighted by Gasteiger charge is -2.23. The van der Waals surface area contributed by atoms with Crippen LogP contribution in [-0.2, 0) is 17.4 Å². The second kappa shape index (κ2) is 9.15. The second-order valence-electron chi connectivity index (χ2n) is 6.94. The van der Waals surface area contributed by atoms with Crippen molar-refractivity contribution < 1.29 is 22.7 Å². The van der Waals surface area contributed by atoms with Gasteiger partial charge in [0, 0.05) is 38.8 Å². The van der Waals surface area contributed by atoms with Gasteiger partial charge >= 0.3 is 6.18 Å². The molecule has 0 radical (unpaired) electrons. The molecule has 0 unspecified atom stereocenters. The number of pyridine rings is 1. The molecule has 0 spiro atoms. The first kappa shape index (κ1) is 21.0. The third kappa shape index (κ3) is 5.40. The fourth-order valence-corrected chi connectivity index (χ4v) is 3.45. The van der Waals surface area contributed by atoms with Crippen LogP contribution in [0.15, 0.2) is 42.6 Å². The number of ether oxygens (including phenoxy) is 1. The summed E-state index contributed by atoms with van der Waals surface area (Å²) in [5.74, 6) is 1.34. The van der Waals surface area contributed by atoms with Gasteiger partial charge in [-0.15, -0.1) is 0 Å². The van der Waals surface area contributed by atoms with Crippen molar-refractivity contribution in [1.29, 1.82) is 0 Å². The number of nitrogens with zero attached hydrogens (tertiary/aromatic N) is 3. The Hall–Kier alpha value is -2.77. The largest absolute Gasteiger partial charge is 0.496 e. The van der Waals surface area contributed by atoms with Crippen LogP contribution < -0.4 is 9.64 Å². The first-order chi connectivity index (χ1) is 13.9. The van der Waals surface area contributed by atoms with Crippen molar-refractivity contribution in [2.75, 3.05) is 38.2 Å². The molecule has 1 aromatic carbocycles. The SMILES string of the molecule is COc1ccccc1CCC(=O)N1CCCN(c2ccc(C(F)(F)F)cn2)CC1. The van der Waals surface area contributed by atoms with E-state index in [9.17, 15) is 18.0 Å². The van der Waals surface area contributed by atoms with Crippen molar-refractivity contribution in [2.24, 2.45) is 0 Å². The molecule has 1 aliphatic rings. The first-order valence-corrected chi connectivity index (χ1v) is 9.56. The van der Waals surface area contributed by atoms with E-state index >= 15 is 0 Å². The minimum atomic E-state index is -4.39. The molecule has 29 heavy (non-hydrogen) atoms. The van der Waals surface area contributed by atoms with Crippen molar-refractivity contribution in [3.63, 3.8) is 0 Å². The quantitative estimate of drug-likeness (QED) is 0.757. The molecule has 0 saturated carbocycles. The number of benzene rings is 1. The van der Waals surface area contributed by atoms with E-state index in [0.717, 1.165) is 30.0 Å². The lowest BCUT2D eigenvalue weighted by Crippen LogP contribution is -2.35. The van der Waals surface area contributed by atoms with E-state index < -0.39 is 11.7 Å². The first-order valence-electron chi connectivity index (χ1n) is 9.56. The van der Waals surface area contributed by atoms with Crippen LogP contribution >= 0.6 is 0 Å². The topological polar surface area (TPSA) is 45.7 Å². The van der Waals surface area contributed by atoms with Gasteiger partial charge in [-0.2, -0.15) is 13.2 Å². The third-order valence-electron chi connectivity index (χ3n) is 5.05. The minimum absolute atomic E-state index is 0.0677. The monoisotopic (exact) mass is 407 g/mol. The molecule has 0 bridgehead atoms. The van der Waals surface area contributed by atoms with Gasteiger partial charge in [-0.25, -0.2) is 4.98 Å². The molecular formula is C21H24F3N3O2. The average Bonchev–Trinajstić information content (AvgIpc) is 2.98. The summed E-state index contributed by atoms with van der Waals surface area (Å²) < 4.78 is 43.4. The molecule has 1 fully saturated rings. The summed E-state index contributed by atoms with van der Waals surface area (Å²) in [5.41, 5.74) is 0.234. The smallest absolute Gasteiger partial charge is 0.417 e. The number of hydrogen-bond acceptors (Lipinski definition) is 4. The third-order valence-corrected chi connectivity index (χ3v) is 5.05. The van der Waals surface area contributed by atoms with Crippen molar-refractivity contribution >= 4 is 11.7 Å². The maximum Gasteiger partial charge on any atom is 0.417 e. The highest BCUT2D eigenvalue weighted by Crippen LogP contribution is 2.29. The minimum Gasteiger partial charge on any atom is -0.496 e. The van der Waals surface area contributed by atoms with Gasteiger partial charge in [-0.05, 0) is 36.6 Å². The number of carbonyl (C=O) groups is 1. The molecule has 1 aliphatic heterocycles. The number of carbonyl (C=O) groups excluding carboxylic acids is 1. The number of halogens is 3. The van der Waals surface area contributed by atoms with Gasteiger partial charge < -0.3 is 14.5 Å². The maximum absolute atomic E-state index is 12.7. The fourth-order valence-electron chi connectivity index (χ4n) is 3.45. The number of amides is 1. The molecule has 2 aromatic rings. The molecular weight excluding hydrogens is 383 g/mol. The number of anilines is 1. The molecule has 5 nitrogen and oxygen atoms in total. The summed E-state index contributed by atoms with van der Waals surface area (Å²) >= 11 is 0. The summed E-state index contributed by atoms with van der Waals surface area (Å²) in [6.07, 6.45) is -1.81. The van der Waals surface area contributed by atoms with Gasteiger partial charge in [0.2, 0.25) is 5.91 Å². The summed E-state index contributed by atoms with van der Waals surface area (Å²) in [6.45, 7) is 2.34. The van der Waals surface area contributed by atoms with Gasteiger partial charge in [-0.1, -0.05) is 18.2 Å². The molecule has 0 aliphatic carbocycles. The molecule has 1 amide bonds. The Balaban J connectivity index is 1.56. The Morgan fingerprint density at radius 1 is 1.10 bits per heavy atom. The van der Waals surface area contributed by atoms with Gasteiger partial charge in [-0.3, -0.25) is 4.79 Å².